The summed E-state index contributed by atoms with van der Waals surface area (Å²) in [5.74, 6) is 1.25. The average molecular weight is 209 g/mol. The van der Waals surface area contributed by atoms with Crippen LogP contribution in [-0.4, -0.2) is 23.9 Å². The van der Waals surface area contributed by atoms with Crippen molar-refractivity contribution in [1.29, 1.82) is 0 Å². The van der Waals surface area contributed by atoms with Gasteiger partial charge in [-0.2, -0.15) is 0 Å². The van der Waals surface area contributed by atoms with Crippen molar-refractivity contribution in [3.8, 4) is 0 Å². The van der Waals surface area contributed by atoms with Gasteiger partial charge in [-0.1, -0.05) is 13.8 Å². The quantitative estimate of drug-likeness (QED) is 0.764. The SMILES string of the molecule is CCN(CC(C)C)C(=O)c1ccoc1C. The van der Waals surface area contributed by atoms with E-state index in [4.69, 9.17) is 4.42 Å². The van der Waals surface area contributed by atoms with Gasteiger partial charge >= 0.3 is 0 Å². The molecule has 0 unspecified atom stereocenters. The molecule has 3 nitrogen and oxygen atoms in total. The van der Waals surface area contributed by atoms with Crippen molar-refractivity contribution in [2.24, 2.45) is 5.92 Å². The Hall–Kier alpha value is -1.25. The highest BCUT2D eigenvalue weighted by Crippen LogP contribution is 2.13. The lowest BCUT2D eigenvalue weighted by Gasteiger charge is -2.22. The van der Waals surface area contributed by atoms with Crippen LogP contribution < -0.4 is 0 Å². The third kappa shape index (κ3) is 2.85. The van der Waals surface area contributed by atoms with Gasteiger partial charge in [0.1, 0.15) is 5.76 Å². The molecule has 0 aromatic carbocycles. The van der Waals surface area contributed by atoms with Gasteiger partial charge in [0.05, 0.1) is 11.8 Å². The molecule has 1 rings (SSSR count). The van der Waals surface area contributed by atoms with Gasteiger partial charge in [-0.15, -0.1) is 0 Å². The molecule has 0 radical (unpaired) electrons. The summed E-state index contributed by atoms with van der Waals surface area (Å²) < 4.78 is 5.14. The molecule has 0 bridgehead atoms. The summed E-state index contributed by atoms with van der Waals surface area (Å²) in [5.41, 5.74) is 0.678. The van der Waals surface area contributed by atoms with E-state index in [-0.39, 0.29) is 5.91 Å². The molecule has 1 heterocycles. The third-order valence-electron chi connectivity index (χ3n) is 2.34. The molecule has 0 atom stereocenters. The summed E-state index contributed by atoms with van der Waals surface area (Å²) in [6.45, 7) is 9.56. The molecule has 15 heavy (non-hydrogen) atoms. The van der Waals surface area contributed by atoms with Gasteiger partial charge in [0.2, 0.25) is 0 Å². The van der Waals surface area contributed by atoms with Gasteiger partial charge < -0.3 is 9.32 Å². The molecule has 0 spiro atoms. The van der Waals surface area contributed by atoms with E-state index in [1.807, 2.05) is 18.7 Å². The third-order valence-corrected chi connectivity index (χ3v) is 2.34. The molecule has 0 saturated carbocycles. The van der Waals surface area contributed by atoms with Crippen LogP contribution in [0.1, 0.15) is 36.9 Å². The van der Waals surface area contributed by atoms with Crippen LogP contribution in [0.15, 0.2) is 16.7 Å². The van der Waals surface area contributed by atoms with Crippen molar-refractivity contribution >= 4 is 5.91 Å². The molecule has 1 aromatic heterocycles. The highest BCUT2D eigenvalue weighted by atomic mass is 16.3. The van der Waals surface area contributed by atoms with Crippen molar-refractivity contribution in [2.45, 2.75) is 27.7 Å². The summed E-state index contributed by atoms with van der Waals surface area (Å²) in [5, 5.41) is 0. The molecule has 0 fully saturated rings. The Morgan fingerprint density at radius 1 is 1.53 bits per heavy atom. The number of carbonyl (C=O) groups excluding carboxylic acids is 1. The largest absolute Gasteiger partial charge is 0.469 e. The van der Waals surface area contributed by atoms with Crippen molar-refractivity contribution in [3.63, 3.8) is 0 Å². The predicted molar refractivity (Wildman–Crippen MR) is 59.9 cm³/mol. The smallest absolute Gasteiger partial charge is 0.257 e. The van der Waals surface area contributed by atoms with E-state index in [1.165, 1.54) is 0 Å². The zero-order chi connectivity index (χ0) is 11.4. The summed E-state index contributed by atoms with van der Waals surface area (Å²) in [6, 6.07) is 1.74. The molecule has 0 aliphatic carbocycles. The number of aryl methyl sites for hydroxylation is 1. The van der Waals surface area contributed by atoms with Crippen molar-refractivity contribution in [3.05, 3.63) is 23.7 Å². The Balaban J connectivity index is 2.78. The average Bonchev–Trinajstić information content (AvgIpc) is 2.59. The Bertz CT molecular complexity index is 328. The molecule has 84 valence electrons. The summed E-state index contributed by atoms with van der Waals surface area (Å²) >= 11 is 0. The second kappa shape index (κ2) is 5.01. The highest BCUT2D eigenvalue weighted by molar-refractivity contribution is 5.95. The summed E-state index contributed by atoms with van der Waals surface area (Å²) in [4.78, 5) is 13.9. The maximum Gasteiger partial charge on any atom is 0.257 e. The number of nitrogens with zero attached hydrogens (tertiary/aromatic N) is 1. The fourth-order valence-electron chi connectivity index (χ4n) is 1.57. The number of carbonyl (C=O) groups is 1. The maximum atomic E-state index is 12.1. The zero-order valence-corrected chi connectivity index (χ0v) is 9.91. The van der Waals surface area contributed by atoms with E-state index in [0.29, 0.717) is 17.2 Å². The van der Waals surface area contributed by atoms with Crippen LogP contribution in [0.4, 0.5) is 0 Å². The van der Waals surface area contributed by atoms with Crippen molar-refractivity contribution in [1.82, 2.24) is 4.90 Å². The normalized spacial score (nSPS) is 10.7. The Labute approximate surface area is 91.1 Å². The van der Waals surface area contributed by atoms with E-state index >= 15 is 0 Å². The second-order valence-electron chi connectivity index (χ2n) is 4.13. The monoisotopic (exact) mass is 209 g/mol. The number of furan rings is 1. The highest BCUT2D eigenvalue weighted by Gasteiger charge is 2.18. The summed E-state index contributed by atoms with van der Waals surface area (Å²) in [6.07, 6.45) is 1.56. The van der Waals surface area contributed by atoms with Crippen molar-refractivity contribution in [2.75, 3.05) is 13.1 Å². The van der Waals surface area contributed by atoms with E-state index < -0.39 is 0 Å². The summed E-state index contributed by atoms with van der Waals surface area (Å²) in [7, 11) is 0. The van der Waals surface area contributed by atoms with Gasteiger partial charge in [0.15, 0.2) is 0 Å². The van der Waals surface area contributed by atoms with E-state index in [0.717, 1.165) is 13.1 Å². The lowest BCUT2D eigenvalue weighted by atomic mass is 10.1. The minimum atomic E-state index is 0.0671. The number of amides is 1. The molecular formula is C12H19NO2. The van der Waals surface area contributed by atoms with Crippen LogP contribution in [0.2, 0.25) is 0 Å². The molecule has 3 heteroatoms. The first-order valence-corrected chi connectivity index (χ1v) is 5.39. The molecule has 1 amide bonds. The minimum Gasteiger partial charge on any atom is -0.469 e. The Kier molecular flexibility index (Phi) is 3.95. The van der Waals surface area contributed by atoms with Gasteiger partial charge in [0.25, 0.3) is 5.91 Å². The molecule has 1 aromatic rings. The van der Waals surface area contributed by atoms with Crippen molar-refractivity contribution < 1.29 is 9.21 Å². The molecule has 0 aliphatic heterocycles. The van der Waals surface area contributed by atoms with Crippen LogP contribution in [0.3, 0.4) is 0 Å². The zero-order valence-electron chi connectivity index (χ0n) is 9.91. The first-order chi connectivity index (χ1) is 7.06. The van der Waals surface area contributed by atoms with Crippen LogP contribution in [-0.2, 0) is 0 Å². The minimum absolute atomic E-state index is 0.0671. The van der Waals surface area contributed by atoms with Crippen LogP contribution in [0.5, 0.6) is 0 Å². The Morgan fingerprint density at radius 2 is 2.20 bits per heavy atom. The lowest BCUT2D eigenvalue weighted by Crippen LogP contribution is -2.34. The molecular weight excluding hydrogens is 190 g/mol. The predicted octanol–water partition coefficient (Wildman–Crippen LogP) is 2.71. The van der Waals surface area contributed by atoms with E-state index in [2.05, 4.69) is 13.8 Å². The topological polar surface area (TPSA) is 33.5 Å². The molecule has 0 saturated heterocycles. The first kappa shape index (κ1) is 11.8. The lowest BCUT2D eigenvalue weighted by molar-refractivity contribution is 0.0744. The van der Waals surface area contributed by atoms with Crippen LogP contribution >= 0.6 is 0 Å². The number of rotatable bonds is 4. The Morgan fingerprint density at radius 3 is 2.60 bits per heavy atom. The van der Waals surface area contributed by atoms with Gasteiger partial charge in [-0.3, -0.25) is 4.79 Å². The van der Waals surface area contributed by atoms with Crippen LogP contribution in [0, 0.1) is 12.8 Å². The standard InChI is InChI=1S/C12H19NO2/c1-5-13(8-9(2)3)12(14)11-6-7-15-10(11)4/h6-7,9H,5,8H2,1-4H3. The molecule has 0 aliphatic rings. The van der Waals surface area contributed by atoms with Gasteiger partial charge in [-0.05, 0) is 25.8 Å². The maximum absolute atomic E-state index is 12.1. The fraction of sp³-hybridized carbons (Fsp3) is 0.583. The number of hydrogen-bond donors (Lipinski definition) is 0. The second-order valence-corrected chi connectivity index (χ2v) is 4.13. The van der Waals surface area contributed by atoms with E-state index in [1.54, 1.807) is 12.3 Å². The number of hydrogen-bond acceptors (Lipinski definition) is 2. The van der Waals surface area contributed by atoms with Crippen LogP contribution in [0.25, 0.3) is 0 Å². The molecule has 0 N–H and O–H groups in total. The van der Waals surface area contributed by atoms with Gasteiger partial charge in [-0.25, -0.2) is 0 Å². The van der Waals surface area contributed by atoms with Gasteiger partial charge in [0, 0.05) is 13.1 Å². The van der Waals surface area contributed by atoms with E-state index in [9.17, 15) is 4.79 Å². The fourth-order valence-corrected chi connectivity index (χ4v) is 1.57. The first-order valence-electron chi connectivity index (χ1n) is 5.39.